The quantitative estimate of drug-likeness (QED) is 0.456. The number of amides is 1. The molecule has 1 aliphatic heterocycles. The van der Waals surface area contributed by atoms with Crippen LogP contribution in [0.15, 0.2) is 61.1 Å². The predicted molar refractivity (Wildman–Crippen MR) is 124 cm³/mol. The molecule has 33 heavy (non-hydrogen) atoms. The highest BCUT2D eigenvalue weighted by Gasteiger charge is 2.36. The van der Waals surface area contributed by atoms with Crippen LogP contribution in [0.1, 0.15) is 19.3 Å². The number of pyridine rings is 1. The lowest BCUT2D eigenvalue weighted by Gasteiger charge is -2.17. The maximum Gasteiger partial charge on any atom is 0.225 e. The fourth-order valence-electron chi connectivity index (χ4n) is 4.77. The second-order valence-electron chi connectivity index (χ2n) is 9.13. The van der Waals surface area contributed by atoms with Gasteiger partial charge in [-0.05, 0) is 60.6 Å². The van der Waals surface area contributed by atoms with Crippen molar-refractivity contribution in [1.29, 1.82) is 0 Å². The van der Waals surface area contributed by atoms with Gasteiger partial charge < -0.3 is 9.47 Å². The molecule has 0 spiro atoms. The summed E-state index contributed by atoms with van der Waals surface area (Å²) in [6.07, 6.45) is 6.42. The van der Waals surface area contributed by atoms with Gasteiger partial charge in [-0.3, -0.25) is 9.78 Å². The third kappa shape index (κ3) is 3.88. The van der Waals surface area contributed by atoms with Crippen LogP contribution in [0.25, 0.3) is 33.4 Å². The van der Waals surface area contributed by atoms with Crippen LogP contribution in [0.5, 0.6) is 0 Å². The van der Waals surface area contributed by atoms with Crippen molar-refractivity contribution in [2.75, 3.05) is 13.1 Å². The molecule has 1 amide bonds. The Hall–Kier alpha value is -3.61. The van der Waals surface area contributed by atoms with Gasteiger partial charge in [0.05, 0.1) is 11.1 Å². The summed E-state index contributed by atoms with van der Waals surface area (Å²) in [5.74, 6) is 1.06. The first-order valence-corrected chi connectivity index (χ1v) is 11.5. The number of hydrogen-bond acceptors (Lipinski definition) is 4. The summed E-state index contributed by atoms with van der Waals surface area (Å²) >= 11 is 0. The number of fused-ring (bicyclic) bond motifs is 1. The lowest BCUT2D eigenvalue weighted by Crippen LogP contribution is -2.30. The third-order valence-electron chi connectivity index (χ3n) is 6.74. The van der Waals surface area contributed by atoms with Gasteiger partial charge in [-0.15, -0.1) is 10.2 Å². The molecule has 4 aromatic rings. The molecule has 1 saturated heterocycles. The maximum absolute atomic E-state index is 15.2. The standard InChI is InChI=1S/C26H24FN5O/c27-23-12-20(21-6-3-18-2-1-10-28-24(18)13-21)7-8-22(23)25-30-29-16-32(25)15-17-9-11-31(14-17)26(33)19-4-5-19/h1-3,6-8,10,12-13,16-17,19H,4-5,9,11,14-15H2/t17-/m1/s1. The van der Waals surface area contributed by atoms with Gasteiger partial charge in [0.1, 0.15) is 12.1 Å². The molecule has 6 nitrogen and oxygen atoms in total. The number of nitrogens with zero attached hydrogens (tertiary/aromatic N) is 5. The zero-order valence-corrected chi connectivity index (χ0v) is 18.2. The van der Waals surface area contributed by atoms with Gasteiger partial charge >= 0.3 is 0 Å². The largest absolute Gasteiger partial charge is 0.342 e. The summed E-state index contributed by atoms with van der Waals surface area (Å²) in [4.78, 5) is 18.7. The van der Waals surface area contributed by atoms with Crippen LogP contribution in [0.4, 0.5) is 4.39 Å². The number of likely N-dealkylation sites (tertiary alicyclic amines) is 1. The number of carbonyl (C=O) groups is 1. The van der Waals surface area contributed by atoms with Crippen LogP contribution in [0.3, 0.4) is 0 Å². The summed E-state index contributed by atoms with van der Waals surface area (Å²) in [7, 11) is 0. The SMILES string of the molecule is O=C(C1CC1)N1CC[C@@H](Cn2cnnc2-c2ccc(-c3ccc4cccnc4c3)cc2F)C1. The van der Waals surface area contributed by atoms with Crippen molar-refractivity contribution in [1.82, 2.24) is 24.6 Å². The topological polar surface area (TPSA) is 63.9 Å². The highest BCUT2D eigenvalue weighted by atomic mass is 19.1. The molecule has 0 unspecified atom stereocenters. The van der Waals surface area contributed by atoms with E-state index >= 15 is 4.39 Å². The Morgan fingerprint density at radius 1 is 1.06 bits per heavy atom. The van der Waals surface area contributed by atoms with E-state index < -0.39 is 0 Å². The van der Waals surface area contributed by atoms with E-state index in [-0.39, 0.29) is 11.7 Å². The number of benzene rings is 2. The molecule has 2 aliphatic rings. The Morgan fingerprint density at radius 3 is 2.76 bits per heavy atom. The Morgan fingerprint density at radius 2 is 1.91 bits per heavy atom. The van der Waals surface area contributed by atoms with Crippen LogP contribution in [-0.4, -0.2) is 43.6 Å². The zero-order chi connectivity index (χ0) is 22.4. The molecule has 2 aromatic heterocycles. The van der Waals surface area contributed by atoms with Crippen LogP contribution >= 0.6 is 0 Å². The number of hydrogen-bond donors (Lipinski definition) is 0. The molecule has 2 fully saturated rings. The van der Waals surface area contributed by atoms with Crippen molar-refractivity contribution >= 4 is 16.8 Å². The van der Waals surface area contributed by atoms with Crippen molar-refractivity contribution in [2.45, 2.75) is 25.8 Å². The summed E-state index contributed by atoms with van der Waals surface area (Å²) in [5.41, 5.74) is 3.02. The van der Waals surface area contributed by atoms with Crippen molar-refractivity contribution in [3.8, 4) is 22.5 Å². The molecule has 1 aliphatic carbocycles. The first-order chi connectivity index (χ1) is 16.2. The summed E-state index contributed by atoms with van der Waals surface area (Å²) in [6.45, 7) is 2.24. The molecular weight excluding hydrogens is 417 g/mol. The third-order valence-corrected chi connectivity index (χ3v) is 6.74. The van der Waals surface area contributed by atoms with Crippen molar-refractivity contribution in [3.05, 3.63) is 66.9 Å². The average molecular weight is 442 g/mol. The van der Waals surface area contributed by atoms with E-state index in [2.05, 4.69) is 15.2 Å². The van der Waals surface area contributed by atoms with Gasteiger partial charge in [-0.25, -0.2) is 4.39 Å². The van der Waals surface area contributed by atoms with E-state index in [4.69, 9.17) is 0 Å². The van der Waals surface area contributed by atoms with E-state index in [1.54, 1.807) is 24.7 Å². The van der Waals surface area contributed by atoms with Crippen LogP contribution in [0, 0.1) is 17.7 Å². The number of halogens is 1. The van der Waals surface area contributed by atoms with Crippen LogP contribution < -0.4 is 0 Å². The minimum Gasteiger partial charge on any atom is -0.342 e. The second kappa shape index (κ2) is 8.06. The number of carbonyl (C=O) groups excluding carboxylic acids is 1. The molecule has 0 bridgehead atoms. The normalized spacial score (nSPS) is 18.2. The molecule has 6 rings (SSSR count). The maximum atomic E-state index is 15.2. The molecule has 3 heterocycles. The Kier molecular flexibility index (Phi) is 4.89. The summed E-state index contributed by atoms with van der Waals surface area (Å²) in [6, 6.07) is 15.1. The molecule has 2 aromatic carbocycles. The second-order valence-corrected chi connectivity index (χ2v) is 9.13. The number of aromatic nitrogens is 4. The van der Waals surface area contributed by atoms with E-state index in [1.165, 1.54) is 0 Å². The van der Waals surface area contributed by atoms with E-state index in [9.17, 15) is 4.79 Å². The van der Waals surface area contributed by atoms with Gasteiger partial charge in [0.15, 0.2) is 5.82 Å². The lowest BCUT2D eigenvalue weighted by atomic mass is 10.0. The van der Waals surface area contributed by atoms with Gasteiger partial charge in [-0.2, -0.15) is 0 Å². The lowest BCUT2D eigenvalue weighted by molar-refractivity contribution is -0.131. The Labute approximate surface area is 191 Å². The van der Waals surface area contributed by atoms with E-state index in [0.29, 0.717) is 29.8 Å². The van der Waals surface area contributed by atoms with Gasteiger partial charge in [0.25, 0.3) is 0 Å². The van der Waals surface area contributed by atoms with Crippen molar-refractivity contribution in [2.24, 2.45) is 11.8 Å². The Balaban J connectivity index is 1.22. The number of rotatable bonds is 5. The fraction of sp³-hybridized carbons (Fsp3) is 0.308. The summed E-state index contributed by atoms with van der Waals surface area (Å²) < 4.78 is 17.1. The molecule has 7 heteroatoms. The van der Waals surface area contributed by atoms with E-state index in [0.717, 1.165) is 54.4 Å². The monoisotopic (exact) mass is 441 g/mol. The average Bonchev–Trinajstić information content (AvgIpc) is 3.42. The predicted octanol–water partition coefficient (Wildman–Crippen LogP) is 4.56. The smallest absolute Gasteiger partial charge is 0.225 e. The van der Waals surface area contributed by atoms with Crippen molar-refractivity contribution in [3.63, 3.8) is 0 Å². The first kappa shape index (κ1) is 20.0. The highest BCUT2D eigenvalue weighted by Crippen LogP contribution is 2.34. The fourth-order valence-corrected chi connectivity index (χ4v) is 4.77. The Bertz CT molecular complexity index is 1350. The molecule has 1 atom stereocenters. The molecular formula is C26H24FN5O. The minimum absolute atomic E-state index is 0.250. The highest BCUT2D eigenvalue weighted by molar-refractivity contribution is 5.84. The van der Waals surface area contributed by atoms with Crippen LogP contribution in [-0.2, 0) is 11.3 Å². The molecule has 0 N–H and O–H groups in total. The van der Waals surface area contributed by atoms with Crippen LogP contribution in [0.2, 0.25) is 0 Å². The van der Waals surface area contributed by atoms with Gasteiger partial charge in [-0.1, -0.05) is 24.3 Å². The minimum atomic E-state index is -0.333. The van der Waals surface area contributed by atoms with Crippen molar-refractivity contribution < 1.29 is 9.18 Å². The summed E-state index contributed by atoms with van der Waals surface area (Å²) in [5, 5.41) is 9.31. The van der Waals surface area contributed by atoms with Gasteiger partial charge in [0.2, 0.25) is 5.91 Å². The zero-order valence-electron chi connectivity index (χ0n) is 18.2. The molecule has 166 valence electrons. The van der Waals surface area contributed by atoms with E-state index in [1.807, 2.05) is 45.9 Å². The first-order valence-electron chi connectivity index (χ1n) is 11.5. The molecule has 1 saturated carbocycles. The van der Waals surface area contributed by atoms with Gasteiger partial charge in [0, 0.05) is 37.1 Å². The molecule has 0 radical (unpaired) electrons.